The molecule has 9 heteroatoms. The molecule has 1 aromatic carbocycles. The van der Waals surface area contributed by atoms with Crippen LogP contribution in [0.2, 0.25) is 0 Å². The maximum Gasteiger partial charge on any atom is 0.329 e. The summed E-state index contributed by atoms with van der Waals surface area (Å²) >= 11 is 0. The van der Waals surface area contributed by atoms with Crippen LogP contribution >= 0.6 is 0 Å². The number of ether oxygens (including phenoxy) is 5. The van der Waals surface area contributed by atoms with Crippen molar-refractivity contribution in [2.75, 3.05) is 34.0 Å². The third-order valence-corrected chi connectivity index (χ3v) is 6.07. The number of hydrogen-bond acceptors (Lipinski definition) is 8. The van der Waals surface area contributed by atoms with Gasteiger partial charge < -0.3 is 33.6 Å². The lowest BCUT2D eigenvalue weighted by Gasteiger charge is -2.28. The summed E-state index contributed by atoms with van der Waals surface area (Å²) in [5.74, 6) is 1.25. The third kappa shape index (κ3) is 5.05. The average molecular weight is 484 g/mol. The number of allylic oxidation sites excluding steroid dienone is 3. The Bertz CT molecular complexity index is 1130. The Labute approximate surface area is 203 Å². The van der Waals surface area contributed by atoms with Crippen molar-refractivity contribution in [2.24, 2.45) is 5.16 Å². The van der Waals surface area contributed by atoms with Crippen molar-refractivity contribution in [3.63, 3.8) is 0 Å². The molecule has 1 aromatic rings. The van der Waals surface area contributed by atoms with Crippen LogP contribution in [0.3, 0.4) is 0 Å². The number of oxime groups is 1. The number of hydrogen-bond donors (Lipinski definition) is 1. The number of rotatable bonds is 10. The molecule has 3 aliphatic rings. The fraction of sp³-hybridized carbons (Fsp3) is 0.385. The first-order chi connectivity index (χ1) is 16.8. The summed E-state index contributed by atoms with van der Waals surface area (Å²) in [7, 11) is 3.16. The molecule has 3 atom stereocenters. The summed E-state index contributed by atoms with van der Waals surface area (Å²) in [5, 5.41) is 13.2. The smallest absolute Gasteiger partial charge is 0.329 e. The molecule has 0 amide bonds. The first-order valence-corrected chi connectivity index (χ1v) is 11.2. The zero-order chi connectivity index (χ0) is 25.1. The lowest BCUT2D eigenvalue weighted by molar-refractivity contribution is -0.141. The van der Waals surface area contributed by atoms with Crippen LogP contribution in [0, 0.1) is 0 Å². The van der Waals surface area contributed by atoms with Gasteiger partial charge in [0.2, 0.25) is 0 Å². The fourth-order valence-electron chi connectivity index (χ4n) is 4.25. The SMILES string of the molecule is C=C(/C=C\C1=C(COCC(=O)O)C[C@H](C(=C)C)O1)C1=NOC2COc3cc(OC)c(OC)cc3C12. The molecule has 9 nitrogen and oxygen atoms in total. The molecule has 4 rings (SSSR count). The lowest BCUT2D eigenvalue weighted by atomic mass is 9.84. The molecule has 3 heterocycles. The van der Waals surface area contributed by atoms with E-state index in [4.69, 9.17) is 33.6 Å². The lowest BCUT2D eigenvalue weighted by Crippen LogP contribution is -2.32. The fourth-order valence-corrected chi connectivity index (χ4v) is 4.25. The standard InChI is InChI=1S/C26H29NO8/c1-14(2)19-8-16(11-32-13-24(28)29)18(34-19)7-6-15(3)26-25-17-9-21(30-4)22(31-5)10-20(17)33-12-23(25)35-27-26/h6-7,9-10,19,23,25H,1,3,8,11-13H2,2,4-5H3,(H,28,29)/b7-6-/t19-,23?,25?/m1/s1. The number of carbonyl (C=O) groups is 1. The molecule has 2 unspecified atom stereocenters. The highest BCUT2D eigenvalue weighted by Gasteiger charge is 2.42. The number of carboxylic acids is 1. The quantitative estimate of drug-likeness (QED) is 0.396. The molecule has 0 aliphatic carbocycles. The topological polar surface area (TPSA) is 105 Å². The molecule has 0 aromatic heterocycles. The van der Waals surface area contributed by atoms with E-state index in [0.29, 0.717) is 47.3 Å². The highest BCUT2D eigenvalue weighted by atomic mass is 16.7. The molecule has 0 spiro atoms. The van der Waals surface area contributed by atoms with E-state index in [1.54, 1.807) is 26.4 Å². The first-order valence-electron chi connectivity index (χ1n) is 11.2. The van der Waals surface area contributed by atoms with E-state index in [9.17, 15) is 4.79 Å². The molecule has 0 radical (unpaired) electrons. The predicted octanol–water partition coefficient (Wildman–Crippen LogP) is 3.77. The zero-order valence-corrected chi connectivity index (χ0v) is 20.0. The minimum absolute atomic E-state index is 0.156. The molecule has 0 saturated carbocycles. The van der Waals surface area contributed by atoms with Crippen molar-refractivity contribution >= 4 is 11.7 Å². The molecule has 0 saturated heterocycles. The summed E-state index contributed by atoms with van der Waals surface area (Å²) in [4.78, 5) is 16.5. The van der Waals surface area contributed by atoms with Gasteiger partial charge in [-0.1, -0.05) is 18.3 Å². The number of benzene rings is 1. The minimum Gasteiger partial charge on any atom is -0.493 e. The molecular formula is C26H29NO8. The van der Waals surface area contributed by atoms with Gasteiger partial charge in [-0.3, -0.25) is 0 Å². The van der Waals surface area contributed by atoms with Crippen LogP contribution in [0.5, 0.6) is 17.2 Å². The monoisotopic (exact) mass is 483 g/mol. The molecule has 186 valence electrons. The minimum atomic E-state index is -1.02. The largest absolute Gasteiger partial charge is 0.493 e. The second kappa shape index (κ2) is 10.3. The summed E-state index contributed by atoms with van der Waals surface area (Å²) < 4.78 is 28.1. The van der Waals surface area contributed by atoms with Crippen molar-refractivity contribution in [2.45, 2.75) is 31.5 Å². The van der Waals surface area contributed by atoms with Gasteiger partial charge in [0.1, 0.15) is 30.8 Å². The van der Waals surface area contributed by atoms with Crippen molar-refractivity contribution in [1.29, 1.82) is 0 Å². The van der Waals surface area contributed by atoms with E-state index in [-0.39, 0.29) is 31.3 Å². The maximum absolute atomic E-state index is 10.8. The van der Waals surface area contributed by atoms with Crippen molar-refractivity contribution < 1.29 is 38.4 Å². The van der Waals surface area contributed by atoms with Gasteiger partial charge in [0.05, 0.1) is 32.5 Å². The van der Waals surface area contributed by atoms with Gasteiger partial charge in [-0.15, -0.1) is 0 Å². The van der Waals surface area contributed by atoms with Crippen LogP contribution in [0.4, 0.5) is 0 Å². The molecule has 3 aliphatic heterocycles. The summed E-state index contributed by atoms with van der Waals surface area (Å²) in [6, 6.07) is 3.68. The Morgan fingerprint density at radius 3 is 2.69 bits per heavy atom. The van der Waals surface area contributed by atoms with E-state index < -0.39 is 5.97 Å². The van der Waals surface area contributed by atoms with E-state index in [0.717, 1.165) is 16.7 Å². The summed E-state index contributed by atoms with van der Waals surface area (Å²) in [5.41, 5.74) is 3.95. The van der Waals surface area contributed by atoms with Crippen molar-refractivity contribution in [1.82, 2.24) is 0 Å². The van der Waals surface area contributed by atoms with E-state index >= 15 is 0 Å². The van der Waals surface area contributed by atoms with Crippen LogP contribution < -0.4 is 14.2 Å². The first kappa shape index (κ1) is 24.4. The summed E-state index contributed by atoms with van der Waals surface area (Å²) in [6.45, 7) is 10.2. The normalized spacial score (nSPS) is 22.5. The Hall–Kier alpha value is -3.72. The van der Waals surface area contributed by atoms with Gasteiger partial charge in [0.25, 0.3) is 0 Å². The van der Waals surface area contributed by atoms with Crippen LogP contribution in [0.25, 0.3) is 0 Å². The van der Waals surface area contributed by atoms with Gasteiger partial charge >= 0.3 is 5.97 Å². The predicted molar refractivity (Wildman–Crippen MR) is 128 cm³/mol. The van der Waals surface area contributed by atoms with E-state index in [2.05, 4.69) is 18.3 Å². The Kier molecular flexibility index (Phi) is 7.16. The Balaban J connectivity index is 1.55. The van der Waals surface area contributed by atoms with Crippen LogP contribution in [0.1, 0.15) is 24.8 Å². The van der Waals surface area contributed by atoms with Crippen LogP contribution in [-0.4, -0.2) is 63.0 Å². The average Bonchev–Trinajstić information content (AvgIpc) is 3.46. The van der Waals surface area contributed by atoms with Crippen LogP contribution in [-0.2, 0) is 19.1 Å². The Morgan fingerprint density at radius 1 is 1.26 bits per heavy atom. The van der Waals surface area contributed by atoms with Crippen LogP contribution in [0.15, 0.2) is 65.1 Å². The number of methoxy groups -OCH3 is 2. The van der Waals surface area contributed by atoms with Gasteiger partial charge in [-0.05, 0) is 36.3 Å². The molecule has 1 N–H and O–H groups in total. The van der Waals surface area contributed by atoms with E-state index in [1.165, 1.54) is 0 Å². The summed E-state index contributed by atoms with van der Waals surface area (Å²) in [6.07, 6.45) is 3.73. The Morgan fingerprint density at radius 2 is 2.00 bits per heavy atom. The molecular weight excluding hydrogens is 454 g/mol. The van der Waals surface area contributed by atoms with Crippen molar-refractivity contribution in [3.05, 3.63) is 65.5 Å². The number of aliphatic carboxylic acids is 1. The van der Waals surface area contributed by atoms with Gasteiger partial charge in [0.15, 0.2) is 17.6 Å². The second-order valence-electron chi connectivity index (χ2n) is 8.52. The van der Waals surface area contributed by atoms with Gasteiger partial charge in [-0.25, -0.2) is 4.79 Å². The van der Waals surface area contributed by atoms with E-state index in [1.807, 2.05) is 19.1 Å². The maximum atomic E-state index is 10.8. The molecule has 0 bridgehead atoms. The molecule has 0 fully saturated rings. The van der Waals surface area contributed by atoms with Gasteiger partial charge in [-0.2, -0.15) is 0 Å². The second-order valence-corrected chi connectivity index (χ2v) is 8.52. The number of fused-ring (bicyclic) bond motifs is 3. The number of nitrogens with zero attached hydrogens (tertiary/aromatic N) is 1. The molecule has 35 heavy (non-hydrogen) atoms. The zero-order valence-electron chi connectivity index (χ0n) is 20.0. The highest BCUT2D eigenvalue weighted by molar-refractivity contribution is 6.07. The van der Waals surface area contributed by atoms with Gasteiger partial charge in [0, 0.05) is 23.6 Å². The van der Waals surface area contributed by atoms with Crippen molar-refractivity contribution in [3.8, 4) is 17.2 Å². The third-order valence-electron chi connectivity index (χ3n) is 6.07. The highest BCUT2D eigenvalue weighted by Crippen LogP contribution is 2.45. The number of carboxylic acid groups (broad SMARTS) is 1.